The molecule has 0 saturated carbocycles. The standard InChI is InChI=1S/C18H18ClFN2O3S2/c19-16-12-15(6-7-17(16)20)27(24,25)22-10-8-21(9-11-22)18(23)13-26-14-4-2-1-3-5-14/h1-7,12H,8-11,13H2. The molecule has 1 saturated heterocycles. The fraction of sp³-hybridized carbons (Fsp3) is 0.278. The number of thioether (sulfide) groups is 1. The van der Waals surface area contributed by atoms with Gasteiger partial charge in [0, 0.05) is 31.1 Å². The van der Waals surface area contributed by atoms with Crippen molar-refractivity contribution in [2.45, 2.75) is 9.79 Å². The van der Waals surface area contributed by atoms with Gasteiger partial charge in [0.2, 0.25) is 15.9 Å². The van der Waals surface area contributed by atoms with Gasteiger partial charge >= 0.3 is 0 Å². The minimum Gasteiger partial charge on any atom is -0.339 e. The van der Waals surface area contributed by atoms with Crippen LogP contribution in [0.5, 0.6) is 0 Å². The summed E-state index contributed by atoms with van der Waals surface area (Å²) in [6, 6.07) is 13.0. The molecule has 0 aliphatic carbocycles. The molecule has 0 radical (unpaired) electrons. The first-order chi connectivity index (χ1) is 12.9. The molecule has 1 aliphatic heterocycles. The summed E-state index contributed by atoms with van der Waals surface area (Å²) in [6.07, 6.45) is 0. The predicted molar refractivity (Wildman–Crippen MR) is 104 cm³/mol. The minimum absolute atomic E-state index is 0.0225. The Balaban J connectivity index is 1.57. The summed E-state index contributed by atoms with van der Waals surface area (Å²) in [6.45, 7) is 1.03. The summed E-state index contributed by atoms with van der Waals surface area (Å²) < 4.78 is 39.9. The number of nitrogens with zero attached hydrogens (tertiary/aromatic N) is 2. The van der Waals surface area contributed by atoms with Gasteiger partial charge in [0.15, 0.2) is 0 Å². The van der Waals surface area contributed by atoms with Crippen LogP contribution in [0.2, 0.25) is 5.02 Å². The zero-order valence-electron chi connectivity index (χ0n) is 14.3. The molecule has 2 aromatic rings. The zero-order valence-corrected chi connectivity index (χ0v) is 16.7. The van der Waals surface area contributed by atoms with E-state index >= 15 is 0 Å². The first-order valence-electron chi connectivity index (χ1n) is 8.29. The lowest BCUT2D eigenvalue weighted by molar-refractivity contribution is -0.129. The van der Waals surface area contributed by atoms with E-state index in [9.17, 15) is 17.6 Å². The van der Waals surface area contributed by atoms with E-state index in [1.807, 2.05) is 30.3 Å². The van der Waals surface area contributed by atoms with Crippen LogP contribution in [-0.4, -0.2) is 55.5 Å². The van der Waals surface area contributed by atoms with Crippen LogP contribution in [0.1, 0.15) is 0 Å². The Labute approximate surface area is 167 Å². The number of sulfonamides is 1. The Morgan fingerprint density at radius 1 is 1.07 bits per heavy atom. The number of piperazine rings is 1. The molecule has 3 rings (SSSR count). The molecule has 27 heavy (non-hydrogen) atoms. The minimum atomic E-state index is -3.77. The quantitative estimate of drug-likeness (QED) is 0.686. The normalized spacial score (nSPS) is 15.7. The fourth-order valence-corrected chi connectivity index (χ4v) is 5.23. The Kier molecular flexibility index (Phi) is 6.41. The second-order valence-electron chi connectivity index (χ2n) is 5.96. The van der Waals surface area contributed by atoms with Crippen LogP contribution in [0.4, 0.5) is 4.39 Å². The van der Waals surface area contributed by atoms with Crippen molar-refractivity contribution >= 4 is 39.3 Å². The Morgan fingerprint density at radius 2 is 1.74 bits per heavy atom. The zero-order chi connectivity index (χ0) is 19.4. The first-order valence-corrected chi connectivity index (χ1v) is 11.1. The first kappa shape index (κ1) is 20.1. The maximum atomic E-state index is 13.3. The number of hydrogen-bond donors (Lipinski definition) is 0. The summed E-state index contributed by atoms with van der Waals surface area (Å²) in [4.78, 5) is 15.0. The molecule has 5 nitrogen and oxygen atoms in total. The third kappa shape index (κ3) is 4.82. The van der Waals surface area contributed by atoms with E-state index in [0.29, 0.717) is 18.8 Å². The number of hydrogen-bond acceptors (Lipinski definition) is 4. The topological polar surface area (TPSA) is 57.7 Å². The van der Waals surface area contributed by atoms with Crippen molar-refractivity contribution in [3.63, 3.8) is 0 Å². The molecule has 0 N–H and O–H groups in total. The van der Waals surface area contributed by atoms with E-state index in [1.165, 1.54) is 22.1 Å². The molecule has 1 heterocycles. The number of benzene rings is 2. The maximum absolute atomic E-state index is 13.3. The van der Waals surface area contributed by atoms with E-state index in [1.54, 1.807) is 4.90 Å². The third-order valence-electron chi connectivity index (χ3n) is 4.23. The number of rotatable bonds is 5. The van der Waals surface area contributed by atoms with Crippen LogP contribution in [0, 0.1) is 5.82 Å². The molecule has 2 aromatic carbocycles. The van der Waals surface area contributed by atoms with Crippen LogP contribution in [0.3, 0.4) is 0 Å². The smallest absolute Gasteiger partial charge is 0.243 e. The van der Waals surface area contributed by atoms with Crippen LogP contribution in [0.15, 0.2) is 58.3 Å². The van der Waals surface area contributed by atoms with Crippen molar-refractivity contribution in [3.05, 3.63) is 59.4 Å². The van der Waals surface area contributed by atoms with Gasteiger partial charge in [-0.15, -0.1) is 11.8 Å². The van der Waals surface area contributed by atoms with Gasteiger partial charge < -0.3 is 4.90 Å². The molecule has 144 valence electrons. The van der Waals surface area contributed by atoms with E-state index < -0.39 is 15.8 Å². The van der Waals surface area contributed by atoms with Crippen molar-refractivity contribution in [1.82, 2.24) is 9.21 Å². The molecular weight excluding hydrogens is 411 g/mol. The van der Waals surface area contributed by atoms with Gasteiger partial charge in [0.05, 0.1) is 15.7 Å². The lowest BCUT2D eigenvalue weighted by Gasteiger charge is -2.34. The van der Waals surface area contributed by atoms with Gasteiger partial charge in [-0.25, -0.2) is 12.8 Å². The molecule has 1 amide bonds. The molecular formula is C18H18ClFN2O3S2. The average molecular weight is 429 g/mol. The van der Waals surface area contributed by atoms with Crippen molar-refractivity contribution in [2.75, 3.05) is 31.9 Å². The Bertz CT molecular complexity index is 917. The summed E-state index contributed by atoms with van der Waals surface area (Å²) in [5, 5.41) is -0.233. The molecule has 9 heteroatoms. The summed E-state index contributed by atoms with van der Waals surface area (Å²) >= 11 is 7.15. The van der Waals surface area contributed by atoms with Crippen LogP contribution < -0.4 is 0 Å². The average Bonchev–Trinajstić information content (AvgIpc) is 2.69. The largest absolute Gasteiger partial charge is 0.339 e. The highest BCUT2D eigenvalue weighted by atomic mass is 35.5. The highest BCUT2D eigenvalue weighted by Crippen LogP contribution is 2.24. The molecule has 0 bridgehead atoms. The van der Waals surface area contributed by atoms with Gasteiger partial charge in [-0.1, -0.05) is 29.8 Å². The summed E-state index contributed by atoms with van der Waals surface area (Å²) in [7, 11) is -3.77. The number of carbonyl (C=O) groups excluding carboxylic acids is 1. The number of halogens is 2. The van der Waals surface area contributed by atoms with Crippen LogP contribution >= 0.6 is 23.4 Å². The monoisotopic (exact) mass is 428 g/mol. The van der Waals surface area contributed by atoms with Gasteiger partial charge in [-0.3, -0.25) is 4.79 Å². The maximum Gasteiger partial charge on any atom is 0.243 e. The van der Waals surface area contributed by atoms with E-state index in [2.05, 4.69) is 0 Å². The van der Waals surface area contributed by atoms with Crippen molar-refractivity contribution in [1.29, 1.82) is 0 Å². The van der Waals surface area contributed by atoms with Crippen molar-refractivity contribution in [3.8, 4) is 0 Å². The second kappa shape index (κ2) is 8.60. The Hall–Kier alpha value is -1.61. The molecule has 0 atom stereocenters. The van der Waals surface area contributed by atoms with E-state index in [-0.39, 0.29) is 28.9 Å². The number of carbonyl (C=O) groups is 1. The van der Waals surface area contributed by atoms with Crippen molar-refractivity contribution < 1.29 is 17.6 Å². The van der Waals surface area contributed by atoms with Gasteiger partial charge in [-0.2, -0.15) is 4.31 Å². The summed E-state index contributed by atoms with van der Waals surface area (Å²) in [5.74, 6) is -0.377. The lowest BCUT2D eigenvalue weighted by atomic mass is 10.3. The lowest BCUT2D eigenvalue weighted by Crippen LogP contribution is -2.50. The molecule has 0 unspecified atom stereocenters. The van der Waals surface area contributed by atoms with Crippen LogP contribution in [-0.2, 0) is 14.8 Å². The van der Waals surface area contributed by atoms with Crippen LogP contribution in [0.25, 0.3) is 0 Å². The highest BCUT2D eigenvalue weighted by Gasteiger charge is 2.30. The third-order valence-corrected chi connectivity index (χ3v) is 7.41. The van der Waals surface area contributed by atoms with Crippen molar-refractivity contribution in [2.24, 2.45) is 0 Å². The SMILES string of the molecule is O=C(CSc1ccccc1)N1CCN(S(=O)(=O)c2ccc(F)c(Cl)c2)CC1. The highest BCUT2D eigenvalue weighted by molar-refractivity contribution is 8.00. The van der Waals surface area contributed by atoms with Gasteiger partial charge in [-0.05, 0) is 30.3 Å². The molecule has 1 aliphatic rings. The summed E-state index contributed by atoms with van der Waals surface area (Å²) in [5.41, 5.74) is 0. The van der Waals surface area contributed by atoms with E-state index in [0.717, 1.165) is 17.0 Å². The van der Waals surface area contributed by atoms with Gasteiger partial charge in [0.1, 0.15) is 5.82 Å². The van der Waals surface area contributed by atoms with E-state index in [4.69, 9.17) is 11.6 Å². The molecule has 0 aromatic heterocycles. The predicted octanol–water partition coefficient (Wildman–Crippen LogP) is 3.10. The second-order valence-corrected chi connectivity index (χ2v) is 9.36. The van der Waals surface area contributed by atoms with Gasteiger partial charge in [0.25, 0.3) is 0 Å². The Morgan fingerprint density at radius 3 is 2.37 bits per heavy atom. The molecule has 1 fully saturated rings. The molecule has 0 spiro atoms. The fourth-order valence-electron chi connectivity index (χ4n) is 2.72. The number of amides is 1.